The Kier molecular flexibility index (Phi) is 5.23. The van der Waals surface area contributed by atoms with Crippen LogP contribution in [-0.2, 0) is 29.2 Å². The van der Waals surface area contributed by atoms with Crippen LogP contribution in [0.2, 0.25) is 0 Å². The topological polar surface area (TPSA) is 70.9 Å². The van der Waals surface area contributed by atoms with E-state index in [9.17, 15) is 9.90 Å². The summed E-state index contributed by atoms with van der Waals surface area (Å²) in [5.74, 6) is 0.151. The maximum absolute atomic E-state index is 11.8. The van der Waals surface area contributed by atoms with Gasteiger partial charge < -0.3 is 9.84 Å². The van der Waals surface area contributed by atoms with Crippen LogP contribution in [0.25, 0.3) is 0 Å². The summed E-state index contributed by atoms with van der Waals surface area (Å²) < 4.78 is 5.37. The molecule has 1 aliphatic rings. The van der Waals surface area contributed by atoms with Gasteiger partial charge in [0.1, 0.15) is 5.75 Å². The second-order valence-electron chi connectivity index (χ2n) is 5.83. The number of aryl methyl sites for hydroxylation is 1. The van der Waals surface area contributed by atoms with Gasteiger partial charge in [-0.2, -0.15) is 5.10 Å². The minimum atomic E-state index is -0.102. The molecule has 0 saturated carbocycles. The average Bonchev–Trinajstić information content (AvgIpc) is 3.04. The molecule has 3 rings (SSSR count). The van der Waals surface area contributed by atoms with E-state index in [1.54, 1.807) is 18.3 Å². The summed E-state index contributed by atoms with van der Waals surface area (Å²) in [6, 6.07) is 13.1. The monoisotopic (exact) mass is 324 g/mol. The molecule has 2 N–H and O–H groups in total. The summed E-state index contributed by atoms with van der Waals surface area (Å²) >= 11 is 0. The third-order valence-electron chi connectivity index (χ3n) is 3.95. The molecule has 0 unspecified atom stereocenters. The summed E-state index contributed by atoms with van der Waals surface area (Å²) in [7, 11) is 0. The van der Waals surface area contributed by atoms with Gasteiger partial charge in [0.15, 0.2) is 0 Å². The van der Waals surface area contributed by atoms with Gasteiger partial charge >= 0.3 is 0 Å². The number of amides is 1. The highest BCUT2D eigenvalue weighted by Crippen LogP contribution is 2.20. The highest BCUT2D eigenvalue weighted by atomic mass is 16.5. The number of nitrogens with one attached hydrogen (secondary N) is 1. The molecule has 1 heterocycles. The van der Waals surface area contributed by atoms with Crippen LogP contribution in [-0.4, -0.2) is 17.2 Å². The predicted molar refractivity (Wildman–Crippen MR) is 91.7 cm³/mol. The van der Waals surface area contributed by atoms with Crippen LogP contribution in [0.4, 0.5) is 0 Å². The first-order valence-corrected chi connectivity index (χ1v) is 8.00. The molecule has 0 bridgehead atoms. The van der Waals surface area contributed by atoms with Crippen LogP contribution < -0.4 is 5.43 Å². The Morgan fingerprint density at radius 1 is 1.17 bits per heavy atom. The molecule has 0 saturated heterocycles. The van der Waals surface area contributed by atoms with Gasteiger partial charge in [-0.15, -0.1) is 0 Å². The predicted octanol–water partition coefficient (Wildman–Crippen LogP) is 2.90. The van der Waals surface area contributed by atoms with Crippen LogP contribution >= 0.6 is 0 Å². The summed E-state index contributed by atoms with van der Waals surface area (Å²) in [5, 5.41) is 13.2. The van der Waals surface area contributed by atoms with Crippen LogP contribution in [0.1, 0.15) is 35.1 Å². The number of hydrogen-bond donors (Lipinski definition) is 2. The Hall–Kier alpha value is -2.66. The molecule has 124 valence electrons. The largest absolute Gasteiger partial charge is 0.508 e. The maximum Gasteiger partial charge on any atom is 0.240 e. The van der Waals surface area contributed by atoms with Crippen molar-refractivity contribution in [1.82, 2.24) is 5.43 Å². The van der Waals surface area contributed by atoms with E-state index in [0.29, 0.717) is 19.6 Å². The van der Waals surface area contributed by atoms with Gasteiger partial charge in [0.2, 0.25) is 5.91 Å². The Balaban J connectivity index is 1.41. The molecule has 0 atom stereocenters. The number of aromatic hydroxyl groups is 1. The quantitative estimate of drug-likeness (QED) is 0.634. The Labute approximate surface area is 141 Å². The Bertz CT molecular complexity index is 739. The van der Waals surface area contributed by atoms with E-state index in [4.69, 9.17) is 4.74 Å². The summed E-state index contributed by atoms with van der Waals surface area (Å²) in [6.07, 6.45) is 3.59. The lowest BCUT2D eigenvalue weighted by atomic mass is 10.1. The van der Waals surface area contributed by atoms with Gasteiger partial charge in [-0.05, 0) is 53.3 Å². The van der Waals surface area contributed by atoms with Crippen molar-refractivity contribution < 1.29 is 14.6 Å². The van der Waals surface area contributed by atoms with Crippen LogP contribution in [0.3, 0.4) is 0 Å². The van der Waals surface area contributed by atoms with Crippen molar-refractivity contribution >= 4 is 12.1 Å². The first-order chi connectivity index (χ1) is 11.7. The van der Waals surface area contributed by atoms with Crippen molar-refractivity contribution in [2.24, 2.45) is 5.10 Å². The molecule has 0 aliphatic carbocycles. The molecule has 1 aliphatic heterocycles. The fraction of sp³-hybridized carbons (Fsp3) is 0.263. The van der Waals surface area contributed by atoms with E-state index in [0.717, 1.165) is 24.0 Å². The van der Waals surface area contributed by atoms with Gasteiger partial charge in [-0.3, -0.25) is 4.79 Å². The zero-order valence-electron chi connectivity index (χ0n) is 13.4. The number of benzene rings is 2. The van der Waals surface area contributed by atoms with Crippen LogP contribution in [0.5, 0.6) is 5.75 Å². The van der Waals surface area contributed by atoms with Crippen molar-refractivity contribution in [3.63, 3.8) is 0 Å². The molecule has 1 amide bonds. The molecule has 2 aromatic rings. The number of carbonyl (C=O) groups is 1. The molecular formula is C19H20N2O3. The number of hydrazone groups is 1. The van der Waals surface area contributed by atoms with Crippen molar-refractivity contribution in [2.45, 2.75) is 32.5 Å². The van der Waals surface area contributed by atoms with Gasteiger partial charge in [0.05, 0.1) is 19.4 Å². The van der Waals surface area contributed by atoms with E-state index in [2.05, 4.69) is 10.5 Å². The van der Waals surface area contributed by atoms with E-state index in [1.165, 1.54) is 11.1 Å². The summed E-state index contributed by atoms with van der Waals surface area (Å²) in [6.45, 7) is 1.31. The third kappa shape index (κ3) is 4.43. The number of phenols is 1. The Morgan fingerprint density at radius 2 is 1.96 bits per heavy atom. The van der Waals surface area contributed by atoms with E-state index in [1.807, 2.05) is 30.3 Å². The second-order valence-corrected chi connectivity index (χ2v) is 5.83. The number of carbonyl (C=O) groups excluding carboxylic acids is 1. The number of phenolic OH excluding ortho intramolecular Hbond substituents is 1. The first kappa shape index (κ1) is 16.2. The summed E-state index contributed by atoms with van der Waals surface area (Å²) in [4.78, 5) is 11.8. The molecule has 0 radical (unpaired) electrons. The summed E-state index contributed by atoms with van der Waals surface area (Å²) in [5.41, 5.74) is 7.00. The second kappa shape index (κ2) is 7.75. The minimum Gasteiger partial charge on any atom is -0.508 e. The number of hydrogen-bond acceptors (Lipinski definition) is 4. The van der Waals surface area contributed by atoms with Gasteiger partial charge in [0, 0.05) is 6.42 Å². The van der Waals surface area contributed by atoms with E-state index in [-0.39, 0.29) is 11.7 Å². The lowest BCUT2D eigenvalue weighted by molar-refractivity contribution is -0.121. The lowest BCUT2D eigenvalue weighted by Crippen LogP contribution is -2.17. The first-order valence-electron chi connectivity index (χ1n) is 8.00. The van der Waals surface area contributed by atoms with Crippen molar-refractivity contribution in [1.29, 1.82) is 0 Å². The number of rotatable bonds is 6. The van der Waals surface area contributed by atoms with Crippen LogP contribution in [0.15, 0.2) is 47.6 Å². The average molecular weight is 324 g/mol. The molecular weight excluding hydrogens is 304 g/mol. The van der Waals surface area contributed by atoms with E-state index >= 15 is 0 Å². The Morgan fingerprint density at radius 3 is 2.79 bits per heavy atom. The van der Waals surface area contributed by atoms with Crippen molar-refractivity contribution in [3.05, 3.63) is 64.7 Å². The fourth-order valence-corrected chi connectivity index (χ4v) is 2.62. The standard InChI is InChI=1S/C19H20N2O3/c22-18-8-5-14(6-9-18)2-1-3-19(23)21-20-11-15-4-7-16-12-24-13-17(16)10-15/h4-11,22H,1-3,12-13H2,(H,21,23)/b20-11+. The third-order valence-corrected chi connectivity index (χ3v) is 3.95. The van der Waals surface area contributed by atoms with Gasteiger partial charge in [-0.1, -0.05) is 24.3 Å². The SMILES string of the molecule is O=C(CCCc1ccc(O)cc1)N/N=C/c1ccc2c(c1)COC2. The minimum absolute atomic E-state index is 0.102. The van der Waals surface area contributed by atoms with Gasteiger partial charge in [-0.25, -0.2) is 5.43 Å². The normalized spacial score (nSPS) is 13.2. The van der Waals surface area contributed by atoms with Crippen molar-refractivity contribution in [2.75, 3.05) is 0 Å². The number of ether oxygens (including phenoxy) is 1. The van der Waals surface area contributed by atoms with Gasteiger partial charge in [0.25, 0.3) is 0 Å². The molecule has 5 nitrogen and oxygen atoms in total. The number of fused-ring (bicyclic) bond motifs is 1. The zero-order valence-corrected chi connectivity index (χ0v) is 13.4. The zero-order chi connectivity index (χ0) is 16.8. The highest BCUT2D eigenvalue weighted by Gasteiger charge is 2.10. The molecule has 0 fully saturated rings. The fourth-order valence-electron chi connectivity index (χ4n) is 2.62. The van der Waals surface area contributed by atoms with Crippen molar-refractivity contribution in [3.8, 4) is 5.75 Å². The molecule has 0 spiro atoms. The molecule has 5 heteroatoms. The van der Waals surface area contributed by atoms with Crippen LogP contribution in [0, 0.1) is 0 Å². The van der Waals surface area contributed by atoms with E-state index < -0.39 is 0 Å². The smallest absolute Gasteiger partial charge is 0.240 e. The molecule has 24 heavy (non-hydrogen) atoms. The molecule has 2 aromatic carbocycles. The highest BCUT2D eigenvalue weighted by molar-refractivity contribution is 5.82. The lowest BCUT2D eigenvalue weighted by Gasteiger charge is -2.02. The number of nitrogens with zero attached hydrogens (tertiary/aromatic N) is 1. The maximum atomic E-state index is 11.8. The molecule has 0 aromatic heterocycles.